The molecule has 0 saturated carbocycles. The fourth-order valence-electron chi connectivity index (χ4n) is 3.08. The number of nitrogens with zero attached hydrogens (tertiary/aromatic N) is 2. The van der Waals surface area contributed by atoms with Gasteiger partial charge < -0.3 is 4.90 Å². The zero-order valence-corrected chi connectivity index (χ0v) is 11.7. The molecule has 0 radical (unpaired) electrons. The van der Waals surface area contributed by atoms with Gasteiger partial charge in [0, 0.05) is 44.5 Å². The normalized spacial score (nSPS) is 25.3. The third kappa shape index (κ3) is 2.45. The molecule has 3 nitrogen and oxygen atoms in total. The van der Waals surface area contributed by atoms with Gasteiger partial charge in [0.2, 0.25) is 5.91 Å². The number of likely N-dealkylation sites (tertiary alicyclic amines) is 1. The topological polar surface area (TPSA) is 23.6 Å². The van der Waals surface area contributed by atoms with Crippen LogP contribution in [-0.4, -0.2) is 42.4 Å². The van der Waals surface area contributed by atoms with Gasteiger partial charge in [-0.3, -0.25) is 9.69 Å². The van der Waals surface area contributed by atoms with Crippen molar-refractivity contribution in [3.05, 3.63) is 21.9 Å². The summed E-state index contributed by atoms with van der Waals surface area (Å²) >= 11 is 1.89. The second kappa shape index (κ2) is 5.02. The van der Waals surface area contributed by atoms with Gasteiger partial charge in [-0.1, -0.05) is 0 Å². The summed E-state index contributed by atoms with van der Waals surface area (Å²) in [6, 6.07) is 2.27. The minimum Gasteiger partial charge on any atom is -0.345 e. The number of piperidine rings is 1. The molecule has 4 heteroatoms. The van der Waals surface area contributed by atoms with Crippen molar-refractivity contribution in [1.82, 2.24) is 9.80 Å². The number of hydrogen-bond donors (Lipinski definition) is 0. The van der Waals surface area contributed by atoms with Gasteiger partial charge in [0.05, 0.1) is 0 Å². The Morgan fingerprint density at radius 1 is 1.44 bits per heavy atom. The number of rotatable bonds is 2. The first-order chi connectivity index (χ1) is 8.72. The van der Waals surface area contributed by atoms with Gasteiger partial charge >= 0.3 is 0 Å². The minimum atomic E-state index is 0.310. The van der Waals surface area contributed by atoms with Crippen molar-refractivity contribution in [3.63, 3.8) is 0 Å². The number of fused-ring (bicyclic) bond motifs is 1. The Morgan fingerprint density at radius 2 is 2.33 bits per heavy atom. The molecule has 1 amide bonds. The fraction of sp³-hybridized carbons (Fsp3) is 0.643. The fourth-order valence-corrected chi connectivity index (χ4v) is 3.97. The van der Waals surface area contributed by atoms with Gasteiger partial charge in [0.1, 0.15) is 0 Å². The van der Waals surface area contributed by atoms with Crippen LogP contribution in [0.1, 0.15) is 23.3 Å². The van der Waals surface area contributed by atoms with E-state index in [0.717, 1.165) is 32.5 Å². The number of carbonyl (C=O) groups excluding carboxylic acids is 1. The number of thiophene rings is 1. The number of carbonyl (C=O) groups is 1. The second-order valence-electron chi connectivity index (χ2n) is 5.53. The van der Waals surface area contributed by atoms with Crippen LogP contribution in [0.2, 0.25) is 0 Å². The van der Waals surface area contributed by atoms with Gasteiger partial charge in [-0.15, -0.1) is 11.3 Å². The van der Waals surface area contributed by atoms with Gasteiger partial charge in [-0.05, 0) is 35.8 Å². The van der Waals surface area contributed by atoms with E-state index >= 15 is 0 Å². The first kappa shape index (κ1) is 12.2. The molecule has 0 aromatic carbocycles. The van der Waals surface area contributed by atoms with Crippen LogP contribution in [-0.2, 0) is 17.8 Å². The predicted molar refractivity (Wildman–Crippen MR) is 73.7 cm³/mol. The lowest BCUT2D eigenvalue weighted by Crippen LogP contribution is -2.43. The maximum absolute atomic E-state index is 11.5. The van der Waals surface area contributed by atoms with Gasteiger partial charge in [-0.2, -0.15) is 0 Å². The molecule has 0 bridgehead atoms. The number of amides is 1. The lowest BCUT2D eigenvalue weighted by Gasteiger charge is -2.35. The minimum absolute atomic E-state index is 0.310. The Balaban J connectivity index is 1.57. The largest absolute Gasteiger partial charge is 0.345 e. The molecular weight excluding hydrogens is 244 g/mol. The van der Waals surface area contributed by atoms with Crippen LogP contribution in [0, 0.1) is 5.92 Å². The zero-order chi connectivity index (χ0) is 12.5. The van der Waals surface area contributed by atoms with Crippen molar-refractivity contribution in [3.8, 4) is 0 Å². The molecule has 1 unspecified atom stereocenters. The van der Waals surface area contributed by atoms with Crippen molar-refractivity contribution in [2.75, 3.05) is 26.7 Å². The maximum atomic E-state index is 11.5. The Bertz CT molecular complexity index is 443. The summed E-state index contributed by atoms with van der Waals surface area (Å²) in [5.74, 6) is 0.970. The van der Waals surface area contributed by atoms with Crippen LogP contribution in [0.3, 0.4) is 0 Å². The second-order valence-corrected chi connectivity index (χ2v) is 6.53. The molecule has 0 aliphatic carbocycles. The quantitative estimate of drug-likeness (QED) is 0.815. The van der Waals surface area contributed by atoms with Gasteiger partial charge in [-0.25, -0.2) is 0 Å². The maximum Gasteiger partial charge on any atom is 0.222 e. The summed E-state index contributed by atoms with van der Waals surface area (Å²) < 4.78 is 0. The standard InChI is InChI=1S/C14H20N2OS/c1-15-8-11(2-3-14(15)17)9-16-6-4-13-12(10-16)5-7-18-13/h5,7,11H,2-4,6,8-10H2,1H3. The first-order valence-electron chi connectivity index (χ1n) is 6.74. The monoisotopic (exact) mass is 264 g/mol. The average molecular weight is 264 g/mol. The van der Waals surface area contributed by atoms with E-state index in [1.165, 1.54) is 18.5 Å². The van der Waals surface area contributed by atoms with E-state index in [-0.39, 0.29) is 0 Å². The van der Waals surface area contributed by atoms with Crippen molar-refractivity contribution < 1.29 is 4.79 Å². The van der Waals surface area contributed by atoms with Crippen LogP contribution in [0.25, 0.3) is 0 Å². The van der Waals surface area contributed by atoms with Crippen LogP contribution < -0.4 is 0 Å². The Hall–Kier alpha value is -0.870. The van der Waals surface area contributed by atoms with Crippen LogP contribution in [0.15, 0.2) is 11.4 Å². The third-order valence-electron chi connectivity index (χ3n) is 4.13. The summed E-state index contributed by atoms with van der Waals surface area (Å²) in [6.45, 7) is 4.37. The van der Waals surface area contributed by atoms with E-state index in [1.54, 1.807) is 4.88 Å². The van der Waals surface area contributed by atoms with Crippen LogP contribution >= 0.6 is 11.3 Å². The molecule has 3 rings (SSSR count). The Labute approximate surface area is 112 Å². The highest BCUT2D eigenvalue weighted by Gasteiger charge is 2.26. The van der Waals surface area contributed by atoms with Crippen LogP contribution in [0.5, 0.6) is 0 Å². The van der Waals surface area contributed by atoms with Crippen molar-refractivity contribution in [2.45, 2.75) is 25.8 Å². The van der Waals surface area contributed by atoms with E-state index in [4.69, 9.17) is 0 Å². The average Bonchev–Trinajstić information content (AvgIpc) is 2.81. The van der Waals surface area contributed by atoms with Crippen molar-refractivity contribution >= 4 is 17.2 Å². The molecule has 1 aromatic rings. The molecule has 18 heavy (non-hydrogen) atoms. The van der Waals surface area contributed by atoms with Crippen molar-refractivity contribution in [1.29, 1.82) is 0 Å². The smallest absolute Gasteiger partial charge is 0.222 e. The highest BCUT2D eigenvalue weighted by atomic mass is 32.1. The molecule has 3 heterocycles. The summed E-state index contributed by atoms with van der Waals surface area (Å²) in [7, 11) is 1.93. The molecule has 2 aliphatic heterocycles. The van der Waals surface area contributed by atoms with E-state index in [9.17, 15) is 4.79 Å². The zero-order valence-electron chi connectivity index (χ0n) is 10.9. The molecule has 0 spiro atoms. The highest BCUT2D eigenvalue weighted by Crippen LogP contribution is 2.26. The van der Waals surface area contributed by atoms with Crippen molar-refractivity contribution in [2.24, 2.45) is 5.92 Å². The molecule has 1 aromatic heterocycles. The lowest BCUT2D eigenvalue weighted by molar-refractivity contribution is -0.133. The first-order valence-corrected chi connectivity index (χ1v) is 7.62. The molecule has 1 atom stereocenters. The molecule has 0 N–H and O–H groups in total. The Kier molecular flexibility index (Phi) is 3.39. The summed E-state index contributed by atoms with van der Waals surface area (Å²) in [5, 5.41) is 2.21. The summed E-state index contributed by atoms with van der Waals surface area (Å²) in [4.78, 5) is 17.5. The molecule has 2 aliphatic rings. The molecule has 1 fully saturated rings. The summed E-state index contributed by atoms with van der Waals surface area (Å²) in [5.41, 5.74) is 1.52. The molecule has 98 valence electrons. The van der Waals surface area contributed by atoms with E-state index in [0.29, 0.717) is 11.8 Å². The van der Waals surface area contributed by atoms with E-state index < -0.39 is 0 Å². The van der Waals surface area contributed by atoms with E-state index in [1.807, 2.05) is 23.3 Å². The molecular formula is C14H20N2OS. The molecule has 1 saturated heterocycles. The summed E-state index contributed by atoms with van der Waals surface area (Å²) in [6.07, 6.45) is 3.00. The third-order valence-corrected chi connectivity index (χ3v) is 5.15. The SMILES string of the molecule is CN1CC(CN2CCc3sccc3C2)CCC1=O. The van der Waals surface area contributed by atoms with Crippen LogP contribution in [0.4, 0.5) is 0 Å². The van der Waals surface area contributed by atoms with Gasteiger partial charge in [0.15, 0.2) is 0 Å². The predicted octanol–water partition coefficient (Wildman–Crippen LogP) is 1.97. The van der Waals surface area contributed by atoms with Gasteiger partial charge in [0.25, 0.3) is 0 Å². The lowest BCUT2D eigenvalue weighted by atomic mass is 9.96. The Morgan fingerprint density at radius 3 is 3.17 bits per heavy atom. The highest BCUT2D eigenvalue weighted by molar-refractivity contribution is 7.10. The number of hydrogen-bond acceptors (Lipinski definition) is 3. The van der Waals surface area contributed by atoms with E-state index in [2.05, 4.69) is 16.3 Å².